The Morgan fingerprint density at radius 1 is 0.717 bits per heavy atom. The topological polar surface area (TPSA) is 306 Å². The van der Waals surface area contributed by atoms with Crippen LogP contribution >= 0.6 is 0 Å². The number of nitrogens with two attached hydrogens (primary N) is 5. The lowest BCUT2D eigenvalue weighted by molar-refractivity contribution is -0.152. The fourth-order valence-electron chi connectivity index (χ4n) is 6.05. The van der Waals surface area contributed by atoms with Gasteiger partial charge in [-0.3, -0.25) is 38.7 Å². The van der Waals surface area contributed by atoms with Gasteiger partial charge in [-0.25, -0.2) is 9.38 Å². The molecule has 3 aromatic carbocycles. The van der Waals surface area contributed by atoms with Crippen LogP contribution < -0.4 is 49.4 Å². The Morgan fingerprint density at radius 3 is 1.85 bits per heavy atom. The Bertz CT molecular complexity index is 1990. The molecule has 0 aliphatic heterocycles. The Morgan fingerprint density at radius 2 is 1.28 bits per heavy atom. The average Bonchev–Trinajstić information content (AvgIpc) is 3.18. The van der Waals surface area contributed by atoms with Crippen molar-refractivity contribution in [2.45, 2.75) is 77.0 Å². The number of nitrogens with one attached hydrogen (secondary N) is 3. The van der Waals surface area contributed by atoms with Crippen LogP contribution in [0.15, 0.2) is 88.8 Å². The zero-order valence-corrected chi connectivity index (χ0v) is 33.8. The maximum absolute atomic E-state index is 14.5. The highest BCUT2D eigenvalue weighted by molar-refractivity contribution is 6.01. The molecule has 4 atom stereocenters. The fraction of sp³-hybridized carbons (Fsp3) is 0.366. The van der Waals surface area contributed by atoms with E-state index in [9.17, 15) is 33.2 Å². The summed E-state index contributed by atoms with van der Waals surface area (Å²) in [5.74, 6) is -5.59. The fourth-order valence-corrected chi connectivity index (χ4v) is 6.05. The van der Waals surface area contributed by atoms with E-state index in [1.807, 2.05) is 13.8 Å². The van der Waals surface area contributed by atoms with Crippen molar-refractivity contribution in [3.63, 3.8) is 0 Å². The Hall–Kier alpha value is -7.05. The number of carbonyl (C=O) groups excluding carboxylic acids is 6. The van der Waals surface area contributed by atoms with Crippen LogP contribution in [0.3, 0.4) is 0 Å². The van der Waals surface area contributed by atoms with Gasteiger partial charge in [-0.15, -0.1) is 0 Å². The second-order valence-corrected chi connectivity index (χ2v) is 14.3. The molecule has 19 heteroatoms. The second kappa shape index (κ2) is 23.4. The quantitative estimate of drug-likeness (QED) is 0.0389. The smallest absolute Gasteiger partial charge is 0.267 e. The summed E-state index contributed by atoms with van der Waals surface area (Å²) in [7, 11) is 0. The summed E-state index contributed by atoms with van der Waals surface area (Å²) in [5, 5.41) is 8.00. The summed E-state index contributed by atoms with van der Waals surface area (Å²) in [6, 6.07) is 14.6. The first-order chi connectivity index (χ1) is 28.4. The molecule has 3 aromatic rings. The molecule has 0 aliphatic rings. The first-order valence-corrected chi connectivity index (χ1v) is 19.1. The molecule has 0 fully saturated rings. The maximum atomic E-state index is 14.5. The molecule has 13 N–H and O–H groups in total. The van der Waals surface area contributed by atoms with Crippen LogP contribution in [0, 0.1) is 11.7 Å². The van der Waals surface area contributed by atoms with Crippen molar-refractivity contribution in [1.82, 2.24) is 20.9 Å². The highest BCUT2D eigenvalue weighted by Crippen LogP contribution is 2.18. The molecular formula is C41H54FN11O7. The number of nitrogens with zero attached hydrogens (tertiary/aromatic N) is 3. The molecule has 0 unspecified atom stereocenters. The van der Waals surface area contributed by atoms with E-state index >= 15 is 0 Å². The number of para-hydroxylation sites is 1. The number of hydrogen-bond acceptors (Lipinski definition) is 9. The lowest BCUT2D eigenvalue weighted by Gasteiger charge is -2.31. The van der Waals surface area contributed by atoms with E-state index in [0.717, 1.165) is 24.0 Å². The van der Waals surface area contributed by atoms with Gasteiger partial charge in [-0.2, -0.15) is 0 Å². The molecule has 0 aliphatic carbocycles. The van der Waals surface area contributed by atoms with Crippen molar-refractivity contribution < 1.29 is 37.9 Å². The lowest BCUT2D eigenvalue weighted by atomic mass is 9.99. The average molecular weight is 832 g/mol. The number of ether oxygens (including phenoxy) is 1. The van der Waals surface area contributed by atoms with Crippen LogP contribution in [0.2, 0.25) is 0 Å². The summed E-state index contributed by atoms with van der Waals surface area (Å²) in [6.45, 7) is 4.30. The number of rotatable bonds is 22. The largest absolute Gasteiger partial charge is 0.484 e. The minimum atomic E-state index is -1.55. The third-order valence-corrected chi connectivity index (χ3v) is 8.88. The highest BCUT2D eigenvalue weighted by Gasteiger charge is 2.36. The molecule has 0 spiro atoms. The molecule has 0 heterocycles. The summed E-state index contributed by atoms with van der Waals surface area (Å²) in [4.78, 5) is 90.2. The van der Waals surface area contributed by atoms with Gasteiger partial charge < -0.3 is 49.4 Å². The van der Waals surface area contributed by atoms with Crippen molar-refractivity contribution in [3.8, 4) is 5.75 Å². The van der Waals surface area contributed by atoms with Crippen molar-refractivity contribution >= 4 is 53.0 Å². The van der Waals surface area contributed by atoms with Crippen LogP contribution in [-0.4, -0.2) is 89.6 Å². The predicted molar refractivity (Wildman–Crippen MR) is 223 cm³/mol. The first-order valence-electron chi connectivity index (χ1n) is 19.1. The van der Waals surface area contributed by atoms with Gasteiger partial charge in [0.05, 0.1) is 5.69 Å². The van der Waals surface area contributed by atoms with Crippen molar-refractivity contribution in [1.29, 1.82) is 0 Å². The molecule has 0 aromatic heterocycles. The number of aliphatic imine (C=N–C) groups is 2. The molecule has 0 saturated heterocycles. The third kappa shape index (κ3) is 16.1. The van der Waals surface area contributed by atoms with E-state index in [1.54, 1.807) is 54.6 Å². The minimum absolute atomic E-state index is 0.103. The third-order valence-electron chi connectivity index (χ3n) is 8.88. The molecule has 322 valence electrons. The van der Waals surface area contributed by atoms with Crippen LogP contribution in [-0.2, 0) is 41.6 Å². The van der Waals surface area contributed by atoms with Gasteiger partial charge in [-0.1, -0.05) is 56.3 Å². The first kappa shape index (κ1) is 47.3. The van der Waals surface area contributed by atoms with Gasteiger partial charge in [0.25, 0.3) is 5.91 Å². The van der Waals surface area contributed by atoms with E-state index in [1.165, 1.54) is 12.1 Å². The number of amides is 6. The Kier molecular flexibility index (Phi) is 18.4. The minimum Gasteiger partial charge on any atom is -0.484 e. The molecular weight excluding hydrogens is 778 g/mol. The molecule has 60 heavy (non-hydrogen) atoms. The maximum Gasteiger partial charge on any atom is 0.267 e. The van der Waals surface area contributed by atoms with Gasteiger partial charge in [0.2, 0.25) is 29.5 Å². The molecule has 18 nitrogen and oxygen atoms in total. The monoisotopic (exact) mass is 831 g/mol. The molecule has 0 radical (unpaired) electrons. The number of benzene rings is 3. The number of carbonyl (C=O) groups is 6. The zero-order chi connectivity index (χ0) is 44.4. The van der Waals surface area contributed by atoms with Gasteiger partial charge in [0, 0.05) is 26.3 Å². The number of imide groups is 1. The molecule has 0 saturated carbocycles. The van der Waals surface area contributed by atoms with Crippen molar-refractivity contribution in [2.75, 3.05) is 13.2 Å². The Balaban J connectivity index is 2.00. The Labute approximate surface area is 347 Å². The van der Waals surface area contributed by atoms with Crippen LogP contribution in [0.5, 0.6) is 5.75 Å². The number of hydrogen-bond donors (Lipinski definition) is 8. The van der Waals surface area contributed by atoms with E-state index < -0.39 is 72.0 Å². The molecule has 6 amide bonds. The zero-order valence-electron chi connectivity index (χ0n) is 33.8. The van der Waals surface area contributed by atoms with Crippen molar-refractivity contribution in [2.24, 2.45) is 44.6 Å². The normalized spacial score (nSPS) is 12.8. The van der Waals surface area contributed by atoms with E-state index in [-0.39, 0.29) is 50.1 Å². The van der Waals surface area contributed by atoms with Crippen LogP contribution in [0.4, 0.5) is 10.1 Å². The number of primary amides is 1. The predicted octanol–water partition coefficient (Wildman–Crippen LogP) is 0.378. The van der Waals surface area contributed by atoms with Crippen LogP contribution in [0.25, 0.3) is 0 Å². The van der Waals surface area contributed by atoms with Gasteiger partial charge in [-0.05, 0) is 72.7 Å². The van der Waals surface area contributed by atoms with E-state index in [2.05, 4.69) is 25.9 Å². The highest BCUT2D eigenvalue weighted by atomic mass is 19.1. The summed E-state index contributed by atoms with van der Waals surface area (Å²) >= 11 is 0. The second-order valence-electron chi connectivity index (χ2n) is 14.3. The lowest BCUT2D eigenvalue weighted by Crippen LogP contribution is -2.60. The van der Waals surface area contributed by atoms with Gasteiger partial charge >= 0.3 is 0 Å². The van der Waals surface area contributed by atoms with E-state index in [0.29, 0.717) is 29.0 Å². The van der Waals surface area contributed by atoms with Crippen LogP contribution in [0.1, 0.15) is 51.2 Å². The van der Waals surface area contributed by atoms with Crippen molar-refractivity contribution in [3.05, 3.63) is 95.8 Å². The summed E-state index contributed by atoms with van der Waals surface area (Å²) < 4.78 is 19.5. The number of guanidine groups is 2. The summed E-state index contributed by atoms with van der Waals surface area (Å²) in [6.07, 6.45) is 0.109. The standard InChI is InChI=1S/C41H54FN11O7/c1-24(2)20-32(37(57)50-31(36(43)56)10-7-19-48-40(44)45)51-38(58)33(21-26-13-17-29(18-14-26)49-41(46)47)52-39(59)34(22-27-11-15-28(42)16-12-27)53(25(3)54)35(55)23-60-30-8-5-4-6-9-30/h4-6,8-9,11-18,24,31-34H,7,10,19-23H2,1-3H3,(H2,43,56)(H,50,57)(H,51,58)(H,52,59)(H4,44,45,48)(H4,46,47,49)/t31-,32-,33-,34-/m0/s1. The van der Waals surface area contributed by atoms with Gasteiger partial charge in [0.1, 0.15) is 35.7 Å². The SMILES string of the molecule is CC(=O)N(C(=O)COc1ccccc1)[C@@H](Cc1ccc(F)cc1)C(=O)N[C@@H](Cc1ccc(N=C(N)N)cc1)C(=O)N[C@@H](CC(C)C)C(=O)N[C@@H](CCCN=C(N)N)C(N)=O. The number of halogens is 1. The van der Waals surface area contributed by atoms with Gasteiger partial charge in [0.15, 0.2) is 18.5 Å². The summed E-state index contributed by atoms with van der Waals surface area (Å²) in [5.41, 5.74) is 28.7. The molecule has 0 bridgehead atoms. The molecule has 3 rings (SSSR count). The van der Waals surface area contributed by atoms with E-state index in [4.69, 9.17) is 33.4 Å².